The highest BCUT2D eigenvalue weighted by molar-refractivity contribution is 8.13. The number of nitrogens with zero attached hydrogens (tertiary/aromatic N) is 4. The minimum absolute atomic E-state index is 0.0704. The van der Waals surface area contributed by atoms with E-state index in [9.17, 15) is 4.79 Å². The first-order valence-corrected chi connectivity index (χ1v) is 10.2. The average molecular weight is 365 g/mol. The van der Waals surface area contributed by atoms with Gasteiger partial charge >= 0.3 is 0 Å². The van der Waals surface area contributed by atoms with Gasteiger partial charge in [0.15, 0.2) is 5.17 Å². The van der Waals surface area contributed by atoms with Crippen molar-refractivity contribution in [3.8, 4) is 0 Å². The highest BCUT2D eigenvalue weighted by Gasteiger charge is 2.40. The summed E-state index contributed by atoms with van der Waals surface area (Å²) in [5.41, 5.74) is 0.482. The third-order valence-electron chi connectivity index (χ3n) is 4.08. The smallest absolute Gasteiger partial charge is 0.251 e. The Bertz CT molecular complexity index is 664. The van der Waals surface area contributed by atoms with Crippen molar-refractivity contribution in [3.63, 3.8) is 0 Å². The van der Waals surface area contributed by atoms with Crippen molar-refractivity contribution in [2.75, 3.05) is 25.6 Å². The molecule has 0 aromatic carbocycles. The van der Waals surface area contributed by atoms with Gasteiger partial charge in [-0.3, -0.25) is 19.7 Å². The summed E-state index contributed by atoms with van der Waals surface area (Å²) in [5, 5.41) is 0.710. The molecule has 2 aliphatic heterocycles. The number of allylic oxidation sites excluding steroid dienone is 1. The summed E-state index contributed by atoms with van der Waals surface area (Å²) in [6, 6.07) is 0. The van der Waals surface area contributed by atoms with Crippen LogP contribution in [0.4, 0.5) is 0 Å². The number of fused-ring (bicyclic) bond motifs is 1. The molecule has 0 aromatic heterocycles. The lowest BCUT2D eigenvalue weighted by Gasteiger charge is -2.39. The van der Waals surface area contributed by atoms with Gasteiger partial charge < -0.3 is 0 Å². The number of carbonyl (C=O) groups is 1. The minimum Gasteiger partial charge on any atom is -0.290 e. The molecule has 130 valence electrons. The van der Waals surface area contributed by atoms with Gasteiger partial charge in [0.25, 0.3) is 5.91 Å². The fourth-order valence-electron chi connectivity index (χ4n) is 2.81. The Morgan fingerprint density at radius 3 is 2.75 bits per heavy atom. The Labute approximate surface area is 152 Å². The van der Waals surface area contributed by atoms with Gasteiger partial charge in [-0.2, -0.15) is 0 Å². The summed E-state index contributed by atoms with van der Waals surface area (Å²) >= 11 is 3.15. The first-order valence-electron chi connectivity index (χ1n) is 7.78. The van der Waals surface area contributed by atoms with Gasteiger partial charge in [0, 0.05) is 11.0 Å². The number of carbonyl (C=O) groups excluding carboxylic acids is 1. The monoisotopic (exact) mass is 364 g/mol. The van der Waals surface area contributed by atoms with E-state index in [0.717, 1.165) is 16.4 Å². The Hall–Kier alpha value is -1.34. The van der Waals surface area contributed by atoms with Crippen molar-refractivity contribution < 1.29 is 4.79 Å². The molecule has 5 nitrogen and oxygen atoms in total. The summed E-state index contributed by atoms with van der Waals surface area (Å²) in [4.78, 5) is 28.7. The van der Waals surface area contributed by atoms with Crippen LogP contribution in [0.5, 0.6) is 0 Å². The molecule has 7 heteroatoms. The van der Waals surface area contributed by atoms with Gasteiger partial charge in [0.1, 0.15) is 5.84 Å². The maximum atomic E-state index is 12.5. The van der Waals surface area contributed by atoms with Crippen LogP contribution in [-0.2, 0) is 4.79 Å². The molecule has 24 heavy (non-hydrogen) atoms. The molecular weight excluding hydrogens is 340 g/mol. The molecule has 0 saturated carbocycles. The molecule has 0 fully saturated rings. The number of aliphatic imine (C=N–C) groups is 3. The maximum absolute atomic E-state index is 12.5. The Balaban J connectivity index is 2.45. The number of amidine groups is 2. The van der Waals surface area contributed by atoms with Gasteiger partial charge in [0.05, 0.1) is 24.2 Å². The second-order valence-electron chi connectivity index (χ2n) is 6.24. The van der Waals surface area contributed by atoms with Gasteiger partial charge in [-0.05, 0) is 32.1 Å². The normalized spacial score (nSPS) is 24.4. The van der Waals surface area contributed by atoms with Gasteiger partial charge in [-0.25, -0.2) is 4.99 Å². The first-order chi connectivity index (χ1) is 11.4. The summed E-state index contributed by atoms with van der Waals surface area (Å²) in [6.07, 6.45) is 7.50. The predicted octanol–water partition coefficient (Wildman–Crippen LogP) is 3.45. The van der Waals surface area contributed by atoms with Gasteiger partial charge in [0.2, 0.25) is 0 Å². The largest absolute Gasteiger partial charge is 0.290 e. The van der Waals surface area contributed by atoms with E-state index in [1.165, 1.54) is 11.8 Å². The summed E-state index contributed by atoms with van der Waals surface area (Å²) in [7, 11) is 0. The van der Waals surface area contributed by atoms with Gasteiger partial charge in [-0.15, -0.1) is 11.8 Å². The molecule has 0 bridgehead atoms. The topological polar surface area (TPSA) is 57.4 Å². The van der Waals surface area contributed by atoms with Crippen LogP contribution >= 0.6 is 23.5 Å². The molecule has 1 unspecified atom stereocenters. The molecule has 2 rings (SSSR count). The standard InChI is InChI=1S/C17H24N4OS2/c1-11(2)14(23-5)12(18-4)9-21-13(22)7-8-17(3)10-19-16(24-6)20-15(17)21/h7-8,11H,4,9-10H2,1-3,5-6H3. The molecule has 0 radical (unpaired) electrons. The summed E-state index contributed by atoms with van der Waals surface area (Å²) in [6.45, 7) is 11.0. The average Bonchev–Trinajstić information content (AvgIpc) is 2.56. The first kappa shape index (κ1) is 19.0. The second-order valence-corrected chi connectivity index (χ2v) is 7.86. The fraction of sp³-hybridized carbons (Fsp3) is 0.529. The minimum atomic E-state index is -0.350. The lowest BCUT2D eigenvalue weighted by molar-refractivity contribution is -0.122. The molecule has 0 spiro atoms. The van der Waals surface area contributed by atoms with Crippen molar-refractivity contribution in [1.82, 2.24) is 4.90 Å². The van der Waals surface area contributed by atoms with E-state index in [1.807, 2.05) is 18.6 Å². The van der Waals surface area contributed by atoms with Crippen LogP contribution < -0.4 is 0 Å². The molecule has 1 amide bonds. The van der Waals surface area contributed by atoms with Crippen LogP contribution in [0.3, 0.4) is 0 Å². The van der Waals surface area contributed by atoms with Gasteiger partial charge in [-0.1, -0.05) is 31.7 Å². The quantitative estimate of drug-likeness (QED) is 0.702. The van der Waals surface area contributed by atoms with Crippen LogP contribution in [-0.4, -0.2) is 54.1 Å². The number of rotatable bonds is 5. The Kier molecular flexibility index (Phi) is 6.09. The van der Waals surface area contributed by atoms with Crippen LogP contribution in [0.1, 0.15) is 20.8 Å². The van der Waals surface area contributed by atoms with E-state index >= 15 is 0 Å². The van der Waals surface area contributed by atoms with Crippen molar-refractivity contribution in [2.45, 2.75) is 20.8 Å². The third-order valence-corrected chi connectivity index (χ3v) is 5.81. The Morgan fingerprint density at radius 2 is 2.21 bits per heavy atom. The third kappa shape index (κ3) is 3.67. The molecule has 0 aliphatic carbocycles. The van der Waals surface area contributed by atoms with E-state index in [4.69, 9.17) is 0 Å². The van der Waals surface area contributed by atoms with E-state index in [2.05, 4.69) is 42.5 Å². The van der Waals surface area contributed by atoms with Crippen molar-refractivity contribution in [1.29, 1.82) is 0 Å². The molecule has 2 aliphatic rings. The Morgan fingerprint density at radius 1 is 1.50 bits per heavy atom. The van der Waals surface area contributed by atoms with Crippen molar-refractivity contribution in [3.05, 3.63) is 22.8 Å². The van der Waals surface area contributed by atoms with E-state index in [0.29, 0.717) is 24.2 Å². The fourth-order valence-corrected chi connectivity index (χ4v) is 4.01. The zero-order chi connectivity index (χ0) is 17.9. The zero-order valence-electron chi connectivity index (χ0n) is 14.9. The second kappa shape index (κ2) is 7.70. The summed E-state index contributed by atoms with van der Waals surface area (Å²) < 4.78 is 0. The van der Waals surface area contributed by atoms with Crippen molar-refractivity contribution >= 4 is 47.2 Å². The van der Waals surface area contributed by atoms with Crippen LogP contribution in [0.25, 0.3) is 0 Å². The van der Waals surface area contributed by atoms with Crippen molar-refractivity contribution in [2.24, 2.45) is 26.3 Å². The van der Waals surface area contributed by atoms with E-state index < -0.39 is 0 Å². The zero-order valence-corrected chi connectivity index (χ0v) is 16.5. The number of thioether (sulfide) groups is 2. The van der Waals surface area contributed by atoms with Crippen LogP contribution in [0, 0.1) is 11.3 Å². The summed E-state index contributed by atoms with van der Waals surface area (Å²) in [5.74, 6) is 1.01. The SMILES string of the molecule is C=NC(CN1C(=O)C=CC2(C)CN=C(SC)N=C12)=C(SC)C(C)C. The molecule has 2 heterocycles. The highest BCUT2D eigenvalue weighted by Crippen LogP contribution is 2.33. The maximum Gasteiger partial charge on any atom is 0.251 e. The predicted molar refractivity (Wildman–Crippen MR) is 107 cm³/mol. The molecule has 1 atom stereocenters. The van der Waals surface area contributed by atoms with Crippen LogP contribution in [0.2, 0.25) is 0 Å². The van der Waals surface area contributed by atoms with E-state index in [1.54, 1.807) is 22.7 Å². The molecular formula is C17H24N4OS2. The highest BCUT2D eigenvalue weighted by atomic mass is 32.2. The number of hydrogen-bond donors (Lipinski definition) is 0. The number of amides is 1. The lowest BCUT2D eigenvalue weighted by Crippen LogP contribution is -2.51. The van der Waals surface area contributed by atoms with E-state index in [-0.39, 0.29) is 11.3 Å². The lowest BCUT2D eigenvalue weighted by atomic mass is 9.84. The molecule has 0 saturated heterocycles. The molecule has 0 aromatic rings. The molecule has 0 N–H and O–H groups in total. The van der Waals surface area contributed by atoms with Crippen LogP contribution in [0.15, 0.2) is 37.7 Å². The number of hydrogen-bond acceptors (Lipinski definition) is 6.